The quantitative estimate of drug-likeness (QED) is 0.626. The lowest BCUT2D eigenvalue weighted by molar-refractivity contribution is -0.120. The van der Waals surface area contributed by atoms with Crippen molar-refractivity contribution in [1.29, 1.82) is 0 Å². The van der Waals surface area contributed by atoms with Gasteiger partial charge in [-0.2, -0.15) is 0 Å². The van der Waals surface area contributed by atoms with E-state index in [9.17, 15) is 9.59 Å². The molecule has 0 bridgehead atoms. The molecule has 0 aromatic carbocycles. The van der Waals surface area contributed by atoms with Gasteiger partial charge in [0.15, 0.2) is 0 Å². The van der Waals surface area contributed by atoms with E-state index in [-0.39, 0.29) is 12.1 Å². The van der Waals surface area contributed by atoms with Crippen LogP contribution in [0.3, 0.4) is 0 Å². The molecule has 1 amide bonds. The SMILES string of the molecule is O=CN1CCC(OC(=O)c2ccc(Cl)s2)CC1. The minimum absolute atomic E-state index is 0.0976. The highest BCUT2D eigenvalue weighted by atomic mass is 35.5. The lowest BCUT2D eigenvalue weighted by atomic mass is 10.1. The second kappa shape index (κ2) is 5.51. The molecule has 1 aromatic rings. The van der Waals surface area contributed by atoms with Crippen LogP contribution in [-0.2, 0) is 9.53 Å². The van der Waals surface area contributed by atoms with Crippen LogP contribution in [0.1, 0.15) is 22.5 Å². The van der Waals surface area contributed by atoms with Crippen LogP contribution >= 0.6 is 22.9 Å². The molecule has 1 fully saturated rings. The predicted molar refractivity (Wildman–Crippen MR) is 65.4 cm³/mol. The van der Waals surface area contributed by atoms with E-state index in [2.05, 4.69) is 0 Å². The molecule has 0 unspecified atom stereocenters. The van der Waals surface area contributed by atoms with Gasteiger partial charge in [0, 0.05) is 25.9 Å². The topological polar surface area (TPSA) is 46.6 Å². The fraction of sp³-hybridized carbons (Fsp3) is 0.455. The standard InChI is InChI=1S/C11H12ClNO3S/c12-10-2-1-9(17-10)11(15)16-8-3-5-13(7-14)6-4-8/h1-2,7-8H,3-6H2. The molecule has 17 heavy (non-hydrogen) atoms. The Morgan fingerprint density at radius 2 is 2.18 bits per heavy atom. The zero-order valence-corrected chi connectivity index (χ0v) is 10.7. The smallest absolute Gasteiger partial charge is 0.348 e. The van der Waals surface area contributed by atoms with Crippen LogP contribution in [0.2, 0.25) is 4.34 Å². The Morgan fingerprint density at radius 3 is 2.71 bits per heavy atom. The molecule has 1 aliphatic rings. The van der Waals surface area contributed by atoms with Crippen molar-refractivity contribution in [3.05, 3.63) is 21.3 Å². The Labute approximate surface area is 108 Å². The van der Waals surface area contributed by atoms with Gasteiger partial charge >= 0.3 is 5.97 Å². The molecule has 4 nitrogen and oxygen atoms in total. The molecule has 0 atom stereocenters. The number of hydrogen-bond donors (Lipinski definition) is 0. The third-order valence-corrected chi connectivity index (χ3v) is 3.88. The van der Waals surface area contributed by atoms with Crippen LogP contribution < -0.4 is 0 Å². The van der Waals surface area contributed by atoms with Crippen molar-refractivity contribution in [1.82, 2.24) is 4.90 Å². The maximum Gasteiger partial charge on any atom is 0.348 e. The number of piperidine rings is 1. The van der Waals surface area contributed by atoms with Crippen molar-refractivity contribution in [3.8, 4) is 0 Å². The average molecular weight is 274 g/mol. The van der Waals surface area contributed by atoms with Crippen LogP contribution in [0, 0.1) is 0 Å². The number of halogens is 1. The van der Waals surface area contributed by atoms with Gasteiger partial charge < -0.3 is 9.64 Å². The minimum atomic E-state index is -0.327. The maximum absolute atomic E-state index is 11.7. The van der Waals surface area contributed by atoms with Crippen LogP contribution in [0.5, 0.6) is 0 Å². The van der Waals surface area contributed by atoms with E-state index >= 15 is 0 Å². The molecule has 0 spiro atoms. The summed E-state index contributed by atoms with van der Waals surface area (Å²) in [7, 11) is 0. The van der Waals surface area contributed by atoms with Crippen LogP contribution in [0.15, 0.2) is 12.1 Å². The van der Waals surface area contributed by atoms with Crippen molar-refractivity contribution in [2.45, 2.75) is 18.9 Å². The van der Waals surface area contributed by atoms with Crippen molar-refractivity contribution in [2.24, 2.45) is 0 Å². The lowest BCUT2D eigenvalue weighted by Gasteiger charge is -2.28. The summed E-state index contributed by atoms with van der Waals surface area (Å²) in [6.45, 7) is 1.29. The molecule has 92 valence electrons. The monoisotopic (exact) mass is 273 g/mol. The van der Waals surface area contributed by atoms with Gasteiger partial charge in [-0.05, 0) is 12.1 Å². The summed E-state index contributed by atoms with van der Waals surface area (Å²) in [5, 5.41) is 0. The molecule has 0 aliphatic carbocycles. The van der Waals surface area contributed by atoms with Gasteiger partial charge in [0.05, 0.1) is 4.34 Å². The fourth-order valence-corrected chi connectivity index (χ4v) is 2.66. The van der Waals surface area contributed by atoms with E-state index < -0.39 is 0 Å². The summed E-state index contributed by atoms with van der Waals surface area (Å²) >= 11 is 6.96. The maximum atomic E-state index is 11.7. The number of amides is 1. The van der Waals surface area contributed by atoms with Crippen molar-refractivity contribution in [2.75, 3.05) is 13.1 Å². The van der Waals surface area contributed by atoms with Crippen molar-refractivity contribution >= 4 is 35.3 Å². The highest BCUT2D eigenvalue weighted by Crippen LogP contribution is 2.23. The number of carbonyl (C=O) groups excluding carboxylic acids is 2. The van der Waals surface area contributed by atoms with Gasteiger partial charge in [-0.15, -0.1) is 11.3 Å². The molecule has 0 saturated carbocycles. The van der Waals surface area contributed by atoms with Gasteiger partial charge in [-0.3, -0.25) is 4.79 Å². The predicted octanol–water partition coefficient (Wildman–Crippen LogP) is 2.18. The zero-order chi connectivity index (χ0) is 12.3. The lowest BCUT2D eigenvalue weighted by Crippen LogP contribution is -2.36. The summed E-state index contributed by atoms with van der Waals surface area (Å²) in [5.74, 6) is -0.327. The minimum Gasteiger partial charge on any atom is -0.458 e. The number of carbonyl (C=O) groups is 2. The first-order chi connectivity index (χ1) is 8.19. The largest absolute Gasteiger partial charge is 0.458 e. The Kier molecular flexibility index (Phi) is 4.02. The molecule has 0 N–H and O–H groups in total. The van der Waals surface area contributed by atoms with Gasteiger partial charge in [0.25, 0.3) is 0 Å². The highest BCUT2D eigenvalue weighted by molar-refractivity contribution is 7.17. The Morgan fingerprint density at radius 1 is 1.47 bits per heavy atom. The zero-order valence-electron chi connectivity index (χ0n) is 9.10. The Balaban J connectivity index is 1.86. The van der Waals surface area contributed by atoms with E-state index in [1.165, 1.54) is 11.3 Å². The average Bonchev–Trinajstić information content (AvgIpc) is 2.77. The number of esters is 1. The summed E-state index contributed by atoms with van der Waals surface area (Å²) in [4.78, 5) is 24.4. The Hall–Kier alpha value is -1.07. The first kappa shape index (κ1) is 12.4. The summed E-state index contributed by atoms with van der Waals surface area (Å²) in [6.07, 6.45) is 2.13. The molecule has 1 aliphatic heterocycles. The van der Waals surface area contributed by atoms with Crippen LogP contribution in [0.4, 0.5) is 0 Å². The Bertz CT molecular complexity index is 413. The van der Waals surface area contributed by atoms with Gasteiger partial charge in [-0.25, -0.2) is 4.79 Å². The molecule has 1 saturated heterocycles. The van der Waals surface area contributed by atoms with E-state index in [0.717, 1.165) is 6.41 Å². The van der Waals surface area contributed by atoms with Crippen LogP contribution in [-0.4, -0.2) is 36.5 Å². The van der Waals surface area contributed by atoms with Gasteiger partial charge in [-0.1, -0.05) is 11.6 Å². The molecule has 6 heteroatoms. The summed E-state index contributed by atoms with van der Waals surface area (Å²) in [5.41, 5.74) is 0. The highest BCUT2D eigenvalue weighted by Gasteiger charge is 2.22. The number of ether oxygens (including phenoxy) is 1. The molecule has 1 aromatic heterocycles. The third-order valence-electron chi connectivity index (χ3n) is 2.67. The first-order valence-electron chi connectivity index (χ1n) is 5.34. The van der Waals surface area contributed by atoms with Gasteiger partial charge in [0.2, 0.25) is 6.41 Å². The second-order valence-electron chi connectivity index (χ2n) is 3.85. The second-order valence-corrected chi connectivity index (χ2v) is 5.56. The van der Waals surface area contributed by atoms with Gasteiger partial charge in [0.1, 0.15) is 11.0 Å². The summed E-state index contributed by atoms with van der Waals surface area (Å²) < 4.78 is 5.93. The van der Waals surface area contributed by atoms with E-state index in [4.69, 9.17) is 16.3 Å². The number of nitrogens with zero attached hydrogens (tertiary/aromatic N) is 1. The number of thiophene rings is 1. The number of likely N-dealkylation sites (tertiary alicyclic amines) is 1. The normalized spacial score (nSPS) is 16.9. The number of hydrogen-bond acceptors (Lipinski definition) is 4. The van der Waals surface area contributed by atoms with E-state index in [1.807, 2.05) is 0 Å². The molecule has 0 radical (unpaired) electrons. The van der Waals surface area contributed by atoms with Crippen molar-refractivity contribution in [3.63, 3.8) is 0 Å². The van der Waals surface area contributed by atoms with E-state index in [0.29, 0.717) is 35.1 Å². The molecular weight excluding hydrogens is 262 g/mol. The fourth-order valence-electron chi connectivity index (χ4n) is 1.73. The molecular formula is C11H12ClNO3S. The molecule has 2 rings (SSSR count). The van der Waals surface area contributed by atoms with Crippen LogP contribution in [0.25, 0.3) is 0 Å². The first-order valence-corrected chi connectivity index (χ1v) is 6.54. The third kappa shape index (κ3) is 3.20. The summed E-state index contributed by atoms with van der Waals surface area (Å²) in [6, 6.07) is 3.34. The van der Waals surface area contributed by atoms with E-state index in [1.54, 1.807) is 17.0 Å². The number of rotatable bonds is 3. The molecule has 2 heterocycles. The van der Waals surface area contributed by atoms with Crippen molar-refractivity contribution < 1.29 is 14.3 Å².